The Kier molecular flexibility index (Phi) is 5.26. The third kappa shape index (κ3) is 6.83. The van der Waals surface area contributed by atoms with Crippen LogP contribution in [0.1, 0.15) is 6.92 Å². The standard InChI is InChI=1S/C9H10N2O4/c1-3-6(2)10-9(15)11-7(12)4-5-8(13)14/h1,4-6H,2H3,(H,13,14)(H2,10,11,12,15)/b5-4+. The smallest absolute Gasteiger partial charge is 0.328 e. The Morgan fingerprint density at radius 3 is 2.47 bits per heavy atom. The van der Waals surface area contributed by atoms with Crippen molar-refractivity contribution in [3.63, 3.8) is 0 Å². The van der Waals surface area contributed by atoms with Gasteiger partial charge in [0.25, 0.3) is 5.91 Å². The molecule has 0 aromatic heterocycles. The maximum atomic E-state index is 10.9. The highest BCUT2D eigenvalue weighted by molar-refractivity contribution is 6.02. The lowest BCUT2D eigenvalue weighted by molar-refractivity contribution is -0.131. The van der Waals surface area contributed by atoms with Gasteiger partial charge in [0.05, 0.1) is 6.04 Å². The zero-order valence-corrected chi connectivity index (χ0v) is 7.98. The van der Waals surface area contributed by atoms with E-state index in [1.54, 1.807) is 6.92 Å². The first-order valence-corrected chi connectivity index (χ1v) is 3.94. The lowest BCUT2D eigenvalue weighted by atomic mass is 10.4. The van der Waals surface area contributed by atoms with Crippen LogP contribution >= 0.6 is 0 Å². The average molecular weight is 210 g/mol. The summed E-state index contributed by atoms with van der Waals surface area (Å²) in [5, 5.41) is 12.3. The van der Waals surface area contributed by atoms with Gasteiger partial charge in [-0.3, -0.25) is 10.1 Å². The topological polar surface area (TPSA) is 95.5 Å². The molecule has 0 spiro atoms. The zero-order valence-electron chi connectivity index (χ0n) is 7.98. The first-order valence-electron chi connectivity index (χ1n) is 3.94. The van der Waals surface area contributed by atoms with Gasteiger partial charge in [0.1, 0.15) is 0 Å². The number of rotatable bonds is 3. The Balaban J connectivity index is 4.04. The highest BCUT2D eigenvalue weighted by Crippen LogP contribution is 1.79. The fraction of sp³-hybridized carbons (Fsp3) is 0.222. The number of amides is 3. The molecule has 0 saturated carbocycles. The van der Waals surface area contributed by atoms with Crippen molar-refractivity contribution >= 4 is 17.9 Å². The van der Waals surface area contributed by atoms with E-state index >= 15 is 0 Å². The molecule has 1 unspecified atom stereocenters. The third-order valence-electron chi connectivity index (χ3n) is 1.21. The SMILES string of the molecule is C#CC(C)NC(=O)NC(=O)/C=C/C(=O)O. The predicted octanol–water partition coefficient (Wildman–Crippen LogP) is -0.525. The van der Waals surface area contributed by atoms with E-state index in [-0.39, 0.29) is 0 Å². The van der Waals surface area contributed by atoms with E-state index in [2.05, 4.69) is 11.2 Å². The molecule has 0 heterocycles. The van der Waals surface area contributed by atoms with E-state index in [9.17, 15) is 14.4 Å². The quantitative estimate of drug-likeness (QED) is 0.431. The van der Waals surface area contributed by atoms with Gasteiger partial charge in [-0.25, -0.2) is 9.59 Å². The molecule has 6 heteroatoms. The average Bonchev–Trinajstić information content (AvgIpc) is 2.14. The Bertz CT molecular complexity index is 341. The number of aliphatic carboxylic acids is 1. The molecule has 3 amide bonds. The minimum atomic E-state index is -1.28. The van der Waals surface area contributed by atoms with Gasteiger partial charge in [-0.05, 0) is 6.92 Å². The Morgan fingerprint density at radius 1 is 1.40 bits per heavy atom. The monoisotopic (exact) mass is 210 g/mol. The second-order valence-electron chi connectivity index (χ2n) is 2.52. The fourth-order valence-corrected chi connectivity index (χ4v) is 0.575. The van der Waals surface area contributed by atoms with Crippen LogP contribution in [0.5, 0.6) is 0 Å². The number of terminal acetylenes is 1. The number of carbonyl (C=O) groups is 3. The highest BCUT2D eigenvalue weighted by Gasteiger charge is 2.06. The molecule has 0 bridgehead atoms. The number of nitrogens with one attached hydrogen (secondary N) is 2. The van der Waals surface area contributed by atoms with Gasteiger partial charge in [-0.15, -0.1) is 6.42 Å². The minimum Gasteiger partial charge on any atom is -0.478 e. The highest BCUT2D eigenvalue weighted by atomic mass is 16.4. The summed E-state index contributed by atoms with van der Waals surface area (Å²) in [6.07, 6.45) is 6.32. The van der Waals surface area contributed by atoms with Crippen LogP contribution in [-0.2, 0) is 9.59 Å². The van der Waals surface area contributed by atoms with Crippen molar-refractivity contribution in [1.82, 2.24) is 10.6 Å². The van der Waals surface area contributed by atoms with Crippen LogP contribution in [0.4, 0.5) is 4.79 Å². The number of carboxylic acid groups (broad SMARTS) is 1. The molecule has 3 N–H and O–H groups in total. The van der Waals surface area contributed by atoms with Crippen LogP contribution in [-0.4, -0.2) is 29.1 Å². The number of carboxylic acids is 1. The van der Waals surface area contributed by atoms with Gasteiger partial charge in [0.15, 0.2) is 0 Å². The van der Waals surface area contributed by atoms with E-state index in [4.69, 9.17) is 11.5 Å². The van der Waals surface area contributed by atoms with Crippen LogP contribution < -0.4 is 10.6 Å². The molecule has 0 fully saturated rings. The van der Waals surface area contributed by atoms with E-state index in [0.29, 0.717) is 6.08 Å². The fourth-order valence-electron chi connectivity index (χ4n) is 0.575. The molecular weight excluding hydrogens is 200 g/mol. The first kappa shape index (κ1) is 12.7. The van der Waals surface area contributed by atoms with E-state index in [1.807, 2.05) is 5.32 Å². The summed E-state index contributed by atoms with van der Waals surface area (Å²) < 4.78 is 0. The number of urea groups is 1. The molecule has 6 nitrogen and oxygen atoms in total. The molecule has 0 aliphatic rings. The first-order chi connectivity index (χ1) is 6.95. The lowest BCUT2D eigenvalue weighted by Gasteiger charge is -2.06. The number of hydrogen-bond acceptors (Lipinski definition) is 3. The van der Waals surface area contributed by atoms with Gasteiger partial charge in [0, 0.05) is 12.2 Å². The van der Waals surface area contributed by atoms with Crippen molar-refractivity contribution in [2.24, 2.45) is 0 Å². The summed E-state index contributed by atoms with van der Waals surface area (Å²) >= 11 is 0. The van der Waals surface area contributed by atoms with Gasteiger partial charge >= 0.3 is 12.0 Å². The molecule has 80 valence electrons. The summed E-state index contributed by atoms with van der Waals surface area (Å²) in [7, 11) is 0. The minimum absolute atomic E-state index is 0.513. The zero-order chi connectivity index (χ0) is 11.8. The van der Waals surface area contributed by atoms with Gasteiger partial charge in [0.2, 0.25) is 0 Å². The predicted molar refractivity (Wildman–Crippen MR) is 51.7 cm³/mol. The Labute approximate surface area is 86.3 Å². The molecule has 0 aromatic rings. The Morgan fingerprint density at radius 2 is 2.00 bits per heavy atom. The van der Waals surface area contributed by atoms with Gasteiger partial charge < -0.3 is 10.4 Å². The lowest BCUT2D eigenvalue weighted by Crippen LogP contribution is -2.42. The van der Waals surface area contributed by atoms with Crippen LogP contribution in [0.2, 0.25) is 0 Å². The maximum Gasteiger partial charge on any atom is 0.328 e. The number of hydrogen-bond donors (Lipinski definition) is 3. The summed E-state index contributed by atoms with van der Waals surface area (Å²) in [6.45, 7) is 1.55. The molecule has 0 aromatic carbocycles. The summed E-state index contributed by atoms with van der Waals surface area (Å²) in [5.74, 6) is 0.114. The van der Waals surface area contributed by atoms with Crippen molar-refractivity contribution in [3.05, 3.63) is 12.2 Å². The molecule has 0 aliphatic heterocycles. The van der Waals surface area contributed by atoms with Crippen LogP contribution in [0, 0.1) is 12.3 Å². The van der Waals surface area contributed by atoms with E-state index < -0.39 is 23.9 Å². The number of imide groups is 1. The van der Waals surface area contributed by atoms with E-state index in [1.165, 1.54) is 0 Å². The maximum absolute atomic E-state index is 10.9. The molecule has 0 aliphatic carbocycles. The van der Waals surface area contributed by atoms with Crippen LogP contribution in [0.15, 0.2) is 12.2 Å². The molecule has 15 heavy (non-hydrogen) atoms. The molecule has 0 saturated heterocycles. The van der Waals surface area contributed by atoms with Crippen molar-refractivity contribution in [2.45, 2.75) is 13.0 Å². The van der Waals surface area contributed by atoms with Gasteiger partial charge in [-0.1, -0.05) is 5.92 Å². The largest absolute Gasteiger partial charge is 0.478 e. The normalized spacial score (nSPS) is 11.5. The second kappa shape index (κ2) is 6.21. The molecule has 0 radical (unpaired) electrons. The van der Waals surface area contributed by atoms with Crippen molar-refractivity contribution in [1.29, 1.82) is 0 Å². The van der Waals surface area contributed by atoms with Crippen molar-refractivity contribution in [3.8, 4) is 12.3 Å². The summed E-state index contributed by atoms with van der Waals surface area (Å²) in [6, 6.07) is -1.29. The van der Waals surface area contributed by atoms with E-state index in [0.717, 1.165) is 6.08 Å². The third-order valence-corrected chi connectivity index (χ3v) is 1.21. The molecular formula is C9H10N2O4. The second-order valence-corrected chi connectivity index (χ2v) is 2.52. The number of carbonyl (C=O) groups excluding carboxylic acids is 2. The van der Waals surface area contributed by atoms with Crippen molar-refractivity contribution in [2.75, 3.05) is 0 Å². The molecule has 1 atom stereocenters. The van der Waals surface area contributed by atoms with Crippen LogP contribution in [0.3, 0.4) is 0 Å². The summed E-state index contributed by atoms with van der Waals surface area (Å²) in [4.78, 5) is 31.8. The van der Waals surface area contributed by atoms with Gasteiger partial charge in [-0.2, -0.15) is 0 Å². The van der Waals surface area contributed by atoms with Crippen molar-refractivity contribution < 1.29 is 19.5 Å². The Hall–Kier alpha value is -2.29. The molecule has 0 rings (SSSR count). The summed E-state index contributed by atoms with van der Waals surface area (Å²) in [5.41, 5.74) is 0. The van der Waals surface area contributed by atoms with Crippen LogP contribution in [0.25, 0.3) is 0 Å².